The van der Waals surface area contributed by atoms with Crippen LogP contribution in [-0.4, -0.2) is 50.9 Å². The maximum Gasteiger partial charge on any atom is 0.264 e. The molecule has 0 radical (unpaired) electrons. The van der Waals surface area contributed by atoms with Gasteiger partial charge < -0.3 is 15.0 Å². The standard InChI is InChI=1S/C29H35N3O5S/c1-4-20-30-29(34)23(3)31(21-24-12-8-6-9-13-24)28(33)22-32(25-14-10-7-11-15-25)38(35,36)27-18-16-26(17-19-27)37-5-2/h6-19,23H,4-5,20-22H2,1-3H3,(H,30,34). The molecular formula is C29H35N3O5S. The van der Waals surface area contributed by atoms with E-state index in [1.54, 1.807) is 49.4 Å². The monoisotopic (exact) mass is 537 g/mol. The average Bonchev–Trinajstić information content (AvgIpc) is 2.94. The van der Waals surface area contributed by atoms with E-state index in [4.69, 9.17) is 4.74 Å². The first kappa shape index (κ1) is 28.7. The topological polar surface area (TPSA) is 96.0 Å². The summed E-state index contributed by atoms with van der Waals surface area (Å²) in [6, 6.07) is 23.1. The number of hydrogen-bond donors (Lipinski definition) is 1. The number of ether oxygens (including phenoxy) is 1. The van der Waals surface area contributed by atoms with Crippen LogP contribution < -0.4 is 14.4 Å². The molecule has 2 amide bonds. The van der Waals surface area contributed by atoms with Gasteiger partial charge in [-0.2, -0.15) is 0 Å². The summed E-state index contributed by atoms with van der Waals surface area (Å²) < 4.78 is 34.1. The summed E-state index contributed by atoms with van der Waals surface area (Å²) in [6.45, 7) is 6.07. The number of nitrogens with one attached hydrogen (secondary N) is 1. The maximum atomic E-state index is 13.8. The number of hydrogen-bond acceptors (Lipinski definition) is 5. The van der Waals surface area contributed by atoms with E-state index in [0.717, 1.165) is 16.3 Å². The van der Waals surface area contributed by atoms with Crippen molar-refractivity contribution in [3.63, 3.8) is 0 Å². The van der Waals surface area contributed by atoms with Crippen molar-refractivity contribution in [2.24, 2.45) is 0 Å². The second-order valence-electron chi connectivity index (χ2n) is 8.73. The van der Waals surface area contributed by atoms with Crippen LogP contribution in [0.3, 0.4) is 0 Å². The van der Waals surface area contributed by atoms with Gasteiger partial charge in [0, 0.05) is 13.1 Å². The highest BCUT2D eigenvalue weighted by Gasteiger charge is 2.32. The minimum atomic E-state index is -4.12. The third-order valence-electron chi connectivity index (χ3n) is 5.96. The van der Waals surface area contributed by atoms with Crippen molar-refractivity contribution in [1.29, 1.82) is 0 Å². The maximum absolute atomic E-state index is 13.8. The Labute approximate surface area is 225 Å². The van der Waals surface area contributed by atoms with Gasteiger partial charge in [-0.25, -0.2) is 8.42 Å². The Balaban J connectivity index is 1.96. The van der Waals surface area contributed by atoms with E-state index in [2.05, 4.69) is 5.32 Å². The highest BCUT2D eigenvalue weighted by molar-refractivity contribution is 7.92. The summed E-state index contributed by atoms with van der Waals surface area (Å²) in [7, 11) is -4.12. The van der Waals surface area contributed by atoms with Crippen molar-refractivity contribution >= 4 is 27.5 Å². The molecule has 0 saturated carbocycles. The van der Waals surface area contributed by atoms with Gasteiger partial charge in [0.25, 0.3) is 10.0 Å². The van der Waals surface area contributed by atoms with Gasteiger partial charge in [-0.1, -0.05) is 55.5 Å². The van der Waals surface area contributed by atoms with Crippen LogP contribution in [0.5, 0.6) is 5.75 Å². The number of anilines is 1. The highest BCUT2D eigenvalue weighted by atomic mass is 32.2. The molecule has 202 valence electrons. The molecule has 1 N–H and O–H groups in total. The van der Waals surface area contributed by atoms with Crippen LogP contribution in [0.1, 0.15) is 32.8 Å². The van der Waals surface area contributed by atoms with Crippen molar-refractivity contribution in [3.8, 4) is 5.75 Å². The van der Waals surface area contributed by atoms with Gasteiger partial charge in [0.2, 0.25) is 11.8 Å². The van der Waals surface area contributed by atoms with Gasteiger partial charge in [0.05, 0.1) is 17.2 Å². The molecule has 1 unspecified atom stereocenters. The molecule has 9 heteroatoms. The second-order valence-corrected chi connectivity index (χ2v) is 10.6. The van der Waals surface area contributed by atoms with Gasteiger partial charge >= 0.3 is 0 Å². The van der Waals surface area contributed by atoms with Gasteiger partial charge in [-0.15, -0.1) is 0 Å². The van der Waals surface area contributed by atoms with E-state index in [1.807, 2.05) is 44.2 Å². The zero-order valence-corrected chi connectivity index (χ0v) is 22.9. The molecule has 0 aliphatic heterocycles. The molecule has 1 atom stereocenters. The fraction of sp³-hybridized carbons (Fsp3) is 0.310. The summed E-state index contributed by atoms with van der Waals surface area (Å²) in [5.41, 5.74) is 1.18. The molecule has 0 heterocycles. The lowest BCUT2D eigenvalue weighted by Gasteiger charge is -2.32. The number of carbonyl (C=O) groups excluding carboxylic acids is 2. The molecule has 0 fully saturated rings. The van der Waals surface area contributed by atoms with Crippen molar-refractivity contribution in [2.75, 3.05) is 24.0 Å². The fourth-order valence-electron chi connectivity index (χ4n) is 3.88. The first-order valence-electron chi connectivity index (χ1n) is 12.7. The number of rotatable bonds is 13. The average molecular weight is 538 g/mol. The van der Waals surface area contributed by atoms with E-state index >= 15 is 0 Å². The number of nitrogens with zero attached hydrogens (tertiary/aromatic N) is 2. The van der Waals surface area contributed by atoms with E-state index in [-0.39, 0.29) is 17.3 Å². The van der Waals surface area contributed by atoms with E-state index in [9.17, 15) is 18.0 Å². The van der Waals surface area contributed by atoms with Gasteiger partial charge in [-0.3, -0.25) is 13.9 Å². The van der Waals surface area contributed by atoms with Gasteiger partial charge in [0.15, 0.2) is 0 Å². The minimum Gasteiger partial charge on any atom is -0.494 e. The lowest BCUT2D eigenvalue weighted by molar-refractivity contribution is -0.139. The molecular weight excluding hydrogens is 502 g/mol. The molecule has 38 heavy (non-hydrogen) atoms. The zero-order valence-electron chi connectivity index (χ0n) is 22.0. The Kier molecular flexibility index (Phi) is 10.3. The van der Waals surface area contributed by atoms with E-state index in [1.165, 1.54) is 17.0 Å². The SMILES string of the molecule is CCCNC(=O)C(C)N(Cc1ccccc1)C(=O)CN(c1ccccc1)S(=O)(=O)c1ccc(OCC)cc1. The molecule has 0 aliphatic carbocycles. The van der Waals surface area contributed by atoms with Crippen LogP contribution in [0.2, 0.25) is 0 Å². The second kappa shape index (κ2) is 13.6. The smallest absolute Gasteiger partial charge is 0.264 e. The first-order chi connectivity index (χ1) is 18.3. The number of amides is 2. The Morgan fingerprint density at radius 2 is 1.50 bits per heavy atom. The van der Waals surface area contributed by atoms with Crippen LogP contribution in [0.4, 0.5) is 5.69 Å². The Morgan fingerprint density at radius 3 is 2.08 bits per heavy atom. The Morgan fingerprint density at radius 1 is 0.895 bits per heavy atom. The van der Waals surface area contributed by atoms with Crippen LogP contribution in [0.25, 0.3) is 0 Å². The normalized spacial score (nSPS) is 11.9. The van der Waals surface area contributed by atoms with E-state index in [0.29, 0.717) is 24.6 Å². The molecule has 0 saturated heterocycles. The van der Waals surface area contributed by atoms with Gasteiger partial charge in [-0.05, 0) is 62.2 Å². The third kappa shape index (κ3) is 7.35. The number of carbonyl (C=O) groups is 2. The van der Waals surface area contributed by atoms with Gasteiger partial charge in [0.1, 0.15) is 18.3 Å². The predicted octanol–water partition coefficient (Wildman–Crippen LogP) is 4.22. The van der Waals surface area contributed by atoms with Crippen molar-refractivity contribution in [2.45, 2.75) is 44.7 Å². The quantitative estimate of drug-likeness (QED) is 0.352. The molecule has 0 aromatic heterocycles. The first-order valence-corrected chi connectivity index (χ1v) is 14.1. The molecule has 8 nitrogen and oxygen atoms in total. The summed E-state index contributed by atoms with van der Waals surface area (Å²) in [6.07, 6.45) is 0.757. The fourth-order valence-corrected chi connectivity index (χ4v) is 5.30. The van der Waals surface area contributed by atoms with Crippen LogP contribution in [0.15, 0.2) is 89.8 Å². The molecule has 0 spiro atoms. The molecule has 0 bridgehead atoms. The van der Waals surface area contributed by atoms with Crippen LogP contribution >= 0.6 is 0 Å². The number of benzene rings is 3. The van der Waals surface area contributed by atoms with Crippen molar-refractivity contribution < 1.29 is 22.7 Å². The Bertz CT molecular complexity index is 1280. The van der Waals surface area contributed by atoms with Crippen molar-refractivity contribution in [3.05, 3.63) is 90.5 Å². The highest BCUT2D eigenvalue weighted by Crippen LogP contribution is 2.26. The molecule has 3 rings (SSSR count). The summed E-state index contributed by atoms with van der Waals surface area (Å²) in [5.74, 6) is -0.238. The Hall–Kier alpha value is -3.85. The van der Waals surface area contributed by atoms with E-state index < -0.39 is 28.5 Å². The zero-order chi connectivity index (χ0) is 27.5. The summed E-state index contributed by atoms with van der Waals surface area (Å²) in [4.78, 5) is 28.1. The lowest BCUT2D eigenvalue weighted by Crippen LogP contribution is -2.51. The van der Waals surface area contributed by atoms with Crippen molar-refractivity contribution in [1.82, 2.24) is 10.2 Å². The molecule has 3 aromatic carbocycles. The van der Waals surface area contributed by atoms with Crippen LogP contribution in [0, 0.1) is 0 Å². The lowest BCUT2D eigenvalue weighted by atomic mass is 10.1. The third-order valence-corrected chi connectivity index (χ3v) is 7.75. The predicted molar refractivity (Wildman–Crippen MR) is 148 cm³/mol. The number of para-hydroxylation sites is 1. The summed E-state index contributed by atoms with van der Waals surface area (Å²) >= 11 is 0. The minimum absolute atomic E-state index is 0.0287. The molecule has 3 aromatic rings. The largest absolute Gasteiger partial charge is 0.494 e. The molecule has 0 aliphatic rings. The van der Waals surface area contributed by atoms with Crippen LogP contribution in [-0.2, 0) is 26.2 Å². The number of sulfonamides is 1. The summed E-state index contributed by atoms with van der Waals surface area (Å²) in [5, 5.41) is 2.83.